The molecule has 0 bridgehead atoms. The molecule has 1 aliphatic rings. The highest BCUT2D eigenvalue weighted by molar-refractivity contribution is 14.0. The third-order valence-electron chi connectivity index (χ3n) is 5.24. The second-order valence-corrected chi connectivity index (χ2v) is 7.46. The average Bonchev–Trinajstić information content (AvgIpc) is 2.83. The molecular formula is C23H34IN5O4. The quantitative estimate of drug-likeness (QED) is 0.284. The summed E-state index contributed by atoms with van der Waals surface area (Å²) in [6.07, 6.45) is 2.13. The number of anilines is 1. The second kappa shape index (κ2) is 13.3. The number of morpholine rings is 1. The molecule has 2 heterocycles. The molecule has 9 nitrogen and oxygen atoms in total. The molecule has 1 fully saturated rings. The average molecular weight is 571 g/mol. The summed E-state index contributed by atoms with van der Waals surface area (Å²) in [5.41, 5.74) is 2.05. The fourth-order valence-corrected chi connectivity index (χ4v) is 3.56. The Bertz CT molecular complexity index is 885. The minimum Gasteiger partial charge on any atom is -0.493 e. The number of guanidine groups is 1. The van der Waals surface area contributed by atoms with Crippen LogP contribution >= 0.6 is 24.0 Å². The largest absolute Gasteiger partial charge is 0.493 e. The van der Waals surface area contributed by atoms with Crippen LogP contribution in [0.25, 0.3) is 0 Å². The van der Waals surface area contributed by atoms with E-state index < -0.39 is 0 Å². The summed E-state index contributed by atoms with van der Waals surface area (Å²) in [5.74, 6) is 3.47. The van der Waals surface area contributed by atoms with E-state index in [9.17, 15) is 0 Å². The van der Waals surface area contributed by atoms with Gasteiger partial charge < -0.3 is 34.5 Å². The number of halogens is 1. The first-order valence-electron chi connectivity index (χ1n) is 10.6. The summed E-state index contributed by atoms with van der Waals surface area (Å²) in [5, 5.41) is 6.63. The molecule has 0 radical (unpaired) electrons. The van der Waals surface area contributed by atoms with Gasteiger partial charge >= 0.3 is 0 Å². The topological polar surface area (TPSA) is 89.5 Å². The molecule has 33 heavy (non-hydrogen) atoms. The summed E-state index contributed by atoms with van der Waals surface area (Å²) in [6, 6.07) is 7.97. The molecule has 182 valence electrons. The number of pyridine rings is 1. The lowest BCUT2D eigenvalue weighted by molar-refractivity contribution is 0.0529. The van der Waals surface area contributed by atoms with Gasteiger partial charge in [0.1, 0.15) is 5.82 Å². The molecule has 0 aliphatic carbocycles. The smallest absolute Gasteiger partial charge is 0.203 e. The number of hydrogen-bond donors (Lipinski definition) is 2. The molecule has 1 aliphatic heterocycles. The lowest BCUT2D eigenvalue weighted by Gasteiger charge is -2.32. The van der Waals surface area contributed by atoms with Crippen molar-refractivity contribution < 1.29 is 18.9 Å². The molecule has 10 heteroatoms. The molecule has 0 saturated carbocycles. The number of hydrogen-bond acceptors (Lipinski definition) is 7. The first kappa shape index (κ1) is 26.8. The van der Waals surface area contributed by atoms with E-state index in [0.29, 0.717) is 36.3 Å². The number of ether oxygens (including phenoxy) is 4. The zero-order chi connectivity index (χ0) is 22.9. The van der Waals surface area contributed by atoms with Crippen molar-refractivity contribution in [2.24, 2.45) is 4.99 Å². The number of aliphatic imine (C=N–C) groups is 1. The monoisotopic (exact) mass is 571 g/mol. The van der Waals surface area contributed by atoms with Crippen LogP contribution in [0.4, 0.5) is 5.82 Å². The predicted octanol–water partition coefficient (Wildman–Crippen LogP) is 2.82. The Morgan fingerprint density at radius 3 is 2.27 bits per heavy atom. The van der Waals surface area contributed by atoms with Crippen molar-refractivity contribution in [3.8, 4) is 17.2 Å². The van der Waals surface area contributed by atoms with Gasteiger partial charge in [-0.2, -0.15) is 0 Å². The zero-order valence-corrected chi connectivity index (χ0v) is 22.2. The van der Waals surface area contributed by atoms with Gasteiger partial charge in [-0.25, -0.2) is 4.98 Å². The van der Waals surface area contributed by atoms with Crippen LogP contribution in [0.2, 0.25) is 0 Å². The Morgan fingerprint density at radius 1 is 1.09 bits per heavy atom. The molecule has 1 aromatic carbocycles. The number of rotatable bonds is 8. The molecule has 0 spiro atoms. The fraction of sp³-hybridized carbons (Fsp3) is 0.478. The standard InChI is InChI=1S/C23H33N5O4.HI/c1-16-15-28(8-9-32-16)21-7-6-17(12-25-21)13-26-23(24-2)27-14-18-10-19(29-3)22(31-5)20(11-18)30-4;/h6-7,10-12,16H,8-9,13-15H2,1-5H3,(H2,24,26,27);1H. The van der Waals surface area contributed by atoms with Crippen molar-refractivity contribution >= 4 is 35.8 Å². The van der Waals surface area contributed by atoms with Gasteiger partial charge in [0, 0.05) is 39.4 Å². The predicted molar refractivity (Wildman–Crippen MR) is 140 cm³/mol. The molecule has 2 N–H and O–H groups in total. The molecular weight excluding hydrogens is 537 g/mol. The number of nitrogens with zero attached hydrogens (tertiary/aromatic N) is 3. The summed E-state index contributed by atoms with van der Waals surface area (Å²) >= 11 is 0. The maximum Gasteiger partial charge on any atom is 0.203 e. The van der Waals surface area contributed by atoms with Crippen molar-refractivity contribution in [1.82, 2.24) is 15.6 Å². The normalized spacial score (nSPS) is 16.0. The molecule has 1 atom stereocenters. The Balaban J connectivity index is 0.00000385. The third-order valence-corrected chi connectivity index (χ3v) is 5.24. The molecule has 3 rings (SSSR count). The molecule has 1 saturated heterocycles. The molecule has 1 aromatic heterocycles. The van der Waals surface area contributed by atoms with Crippen molar-refractivity contribution in [3.63, 3.8) is 0 Å². The number of nitrogens with one attached hydrogen (secondary N) is 2. The minimum absolute atomic E-state index is 0. The van der Waals surface area contributed by atoms with Crippen molar-refractivity contribution in [3.05, 3.63) is 41.6 Å². The fourth-order valence-electron chi connectivity index (χ4n) is 3.56. The highest BCUT2D eigenvalue weighted by Crippen LogP contribution is 2.38. The summed E-state index contributed by atoms with van der Waals surface area (Å²) in [7, 11) is 6.54. The van der Waals surface area contributed by atoms with Gasteiger partial charge in [0.05, 0.1) is 34.0 Å². The van der Waals surface area contributed by atoms with Crippen molar-refractivity contribution in [2.45, 2.75) is 26.1 Å². The van der Waals surface area contributed by atoms with Gasteiger partial charge in [-0.15, -0.1) is 24.0 Å². The van der Waals surface area contributed by atoms with E-state index >= 15 is 0 Å². The van der Waals surface area contributed by atoms with E-state index in [1.54, 1.807) is 28.4 Å². The number of benzene rings is 1. The van der Waals surface area contributed by atoms with E-state index in [0.717, 1.165) is 36.6 Å². The summed E-state index contributed by atoms with van der Waals surface area (Å²) in [6.45, 7) is 5.71. The van der Waals surface area contributed by atoms with Crippen LogP contribution in [-0.4, -0.2) is 65.1 Å². The SMILES string of the molecule is CN=C(NCc1ccc(N2CCOC(C)C2)nc1)NCc1cc(OC)c(OC)c(OC)c1.I. The Kier molecular flexibility index (Phi) is 10.8. The van der Waals surface area contributed by atoms with Crippen molar-refractivity contribution in [2.75, 3.05) is 53.0 Å². The van der Waals surface area contributed by atoms with Crippen LogP contribution in [0, 0.1) is 0 Å². The Hall–Kier alpha value is -2.47. The number of methoxy groups -OCH3 is 3. The van der Waals surface area contributed by atoms with E-state index in [1.165, 1.54) is 0 Å². The Morgan fingerprint density at radius 2 is 1.76 bits per heavy atom. The highest BCUT2D eigenvalue weighted by Gasteiger charge is 2.17. The second-order valence-electron chi connectivity index (χ2n) is 7.46. The van der Waals surface area contributed by atoms with Gasteiger partial charge in [-0.1, -0.05) is 6.07 Å². The van der Waals surface area contributed by atoms with E-state index in [2.05, 4.69) is 44.6 Å². The molecule has 2 aromatic rings. The van der Waals surface area contributed by atoms with Crippen LogP contribution < -0.4 is 29.7 Å². The number of aromatic nitrogens is 1. The maximum atomic E-state index is 5.60. The highest BCUT2D eigenvalue weighted by atomic mass is 127. The third kappa shape index (κ3) is 7.26. The maximum absolute atomic E-state index is 5.60. The van der Waals surface area contributed by atoms with Gasteiger partial charge in [0.15, 0.2) is 17.5 Å². The van der Waals surface area contributed by atoms with Crippen LogP contribution in [0.1, 0.15) is 18.1 Å². The van der Waals surface area contributed by atoms with E-state index in [1.807, 2.05) is 18.3 Å². The molecule has 1 unspecified atom stereocenters. The van der Waals surface area contributed by atoms with Crippen LogP contribution in [0.3, 0.4) is 0 Å². The van der Waals surface area contributed by atoms with Gasteiger partial charge in [-0.05, 0) is 36.2 Å². The Labute approximate surface area is 212 Å². The van der Waals surface area contributed by atoms with Gasteiger partial charge in [0.25, 0.3) is 0 Å². The minimum atomic E-state index is 0. The zero-order valence-electron chi connectivity index (χ0n) is 19.9. The first-order valence-corrected chi connectivity index (χ1v) is 10.6. The lowest BCUT2D eigenvalue weighted by Crippen LogP contribution is -2.41. The summed E-state index contributed by atoms with van der Waals surface area (Å²) in [4.78, 5) is 11.2. The summed E-state index contributed by atoms with van der Waals surface area (Å²) < 4.78 is 21.8. The lowest BCUT2D eigenvalue weighted by atomic mass is 10.2. The van der Waals surface area contributed by atoms with Crippen LogP contribution in [0.5, 0.6) is 17.2 Å². The molecule has 0 amide bonds. The van der Waals surface area contributed by atoms with E-state index in [4.69, 9.17) is 18.9 Å². The van der Waals surface area contributed by atoms with Gasteiger partial charge in [-0.3, -0.25) is 4.99 Å². The van der Waals surface area contributed by atoms with Crippen LogP contribution in [0.15, 0.2) is 35.5 Å². The van der Waals surface area contributed by atoms with Gasteiger partial charge in [0.2, 0.25) is 5.75 Å². The first-order chi connectivity index (χ1) is 15.6. The van der Waals surface area contributed by atoms with Crippen LogP contribution in [-0.2, 0) is 17.8 Å². The van der Waals surface area contributed by atoms with Crippen molar-refractivity contribution in [1.29, 1.82) is 0 Å². The van der Waals surface area contributed by atoms with E-state index in [-0.39, 0.29) is 30.1 Å².